The van der Waals surface area contributed by atoms with E-state index in [1.54, 1.807) is 0 Å². The normalized spacial score (nSPS) is 17.8. The molecule has 1 aromatic carbocycles. The molecule has 2 saturated heterocycles. The lowest BCUT2D eigenvalue weighted by Gasteiger charge is -2.35. The third kappa shape index (κ3) is 4.22. The molecular weight excluding hydrogens is 366 g/mol. The van der Waals surface area contributed by atoms with Gasteiger partial charge in [0.2, 0.25) is 5.76 Å². The summed E-state index contributed by atoms with van der Waals surface area (Å²) in [4.78, 5) is 17.5. The summed E-state index contributed by atoms with van der Waals surface area (Å²) in [5, 5.41) is 15.5. The Balaban J connectivity index is 1.62. The SMILES string of the molecule is CC1CCN(c2cc(N3CCNCC3)ccc2NC(=O)c2occc2C#N)CC1. The summed E-state index contributed by atoms with van der Waals surface area (Å²) < 4.78 is 5.24. The van der Waals surface area contributed by atoms with Gasteiger partial charge in [-0.25, -0.2) is 0 Å². The molecule has 0 atom stereocenters. The highest BCUT2D eigenvalue weighted by atomic mass is 16.3. The van der Waals surface area contributed by atoms with Gasteiger partial charge in [0, 0.05) is 45.0 Å². The van der Waals surface area contributed by atoms with Crippen molar-refractivity contribution in [3.63, 3.8) is 0 Å². The maximum Gasteiger partial charge on any atom is 0.292 e. The largest absolute Gasteiger partial charge is 0.458 e. The van der Waals surface area contributed by atoms with Gasteiger partial charge in [0.05, 0.1) is 17.6 Å². The second kappa shape index (κ2) is 8.58. The van der Waals surface area contributed by atoms with Gasteiger partial charge in [-0.05, 0) is 43.0 Å². The minimum absolute atomic E-state index is 0.0527. The number of furan rings is 1. The maximum atomic E-state index is 12.7. The Morgan fingerprint density at radius 2 is 1.93 bits per heavy atom. The highest BCUT2D eigenvalue weighted by Crippen LogP contribution is 2.34. The Morgan fingerprint density at radius 1 is 1.17 bits per heavy atom. The average Bonchev–Trinajstić information content (AvgIpc) is 3.24. The quantitative estimate of drug-likeness (QED) is 0.831. The first-order chi connectivity index (χ1) is 14.2. The van der Waals surface area contributed by atoms with Gasteiger partial charge in [0.1, 0.15) is 11.6 Å². The summed E-state index contributed by atoms with van der Waals surface area (Å²) in [6.45, 7) is 8.13. The molecule has 2 fully saturated rings. The third-order valence-electron chi connectivity index (χ3n) is 5.83. The molecule has 1 amide bonds. The number of amides is 1. The molecule has 2 aromatic rings. The molecule has 1 aromatic heterocycles. The molecule has 2 aliphatic heterocycles. The molecule has 7 nitrogen and oxygen atoms in total. The molecule has 2 N–H and O–H groups in total. The van der Waals surface area contributed by atoms with Crippen LogP contribution in [0.15, 0.2) is 34.9 Å². The molecule has 0 saturated carbocycles. The van der Waals surface area contributed by atoms with Crippen molar-refractivity contribution in [2.45, 2.75) is 19.8 Å². The number of carbonyl (C=O) groups excluding carboxylic acids is 1. The first kappa shape index (κ1) is 19.3. The zero-order chi connectivity index (χ0) is 20.2. The van der Waals surface area contributed by atoms with Gasteiger partial charge < -0.3 is 24.9 Å². The number of rotatable bonds is 4. The van der Waals surface area contributed by atoms with Crippen LogP contribution < -0.4 is 20.4 Å². The van der Waals surface area contributed by atoms with E-state index in [2.05, 4.69) is 39.5 Å². The number of hydrogen-bond donors (Lipinski definition) is 2. The molecule has 0 aliphatic carbocycles. The maximum absolute atomic E-state index is 12.7. The molecule has 0 unspecified atom stereocenters. The van der Waals surface area contributed by atoms with Gasteiger partial charge in [-0.2, -0.15) is 5.26 Å². The molecule has 152 valence electrons. The van der Waals surface area contributed by atoms with E-state index < -0.39 is 5.91 Å². The summed E-state index contributed by atoms with van der Waals surface area (Å²) in [6.07, 6.45) is 3.65. The van der Waals surface area contributed by atoms with Crippen LogP contribution in [-0.4, -0.2) is 45.2 Å². The van der Waals surface area contributed by atoms with Crippen LogP contribution in [0.4, 0.5) is 17.1 Å². The van der Waals surface area contributed by atoms with Crippen LogP contribution in [0.1, 0.15) is 35.9 Å². The van der Waals surface area contributed by atoms with Crippen molar-refractivity contribution in [3.8, 4) is 6.07 Å². The van der Waals surface area contributed by atoms with Crippen molar-refractivity contribution >= 4 is 23.0 Å². The summed E-state index contributed by atoms with van der Waals surface area (Å²) in [5.74, 6) is 0.381. The molecule has 29 heavy (non-hydrogen) atoms. The van der Waals surface area contributed by atoms with Crippen molar-refractivity contribution in [1.82, 2.24) is 5.32 Å². The number of nitrogens with one attached hydrogen (secondary N) is 2. The van der Waals surface area contributed by atoms with Gasteiger partial charge >= 0.3 is 0 Å². The van der Waals surface area contributed by atoms with Crippen molar-refractivity contribution < 1.29 is 9.21 Å². The number of benzene rings is 1. The van der Waals surface area contributed by atoms with E-state index in [-0.39, 0.29) is 11.3 Å². The van der Waals surface area contributed by atoms with E-state index >= 15 is 0 Å². The standard InChI is InChI=1S/C22H27N5O2/c1-16-4-9-27(10-5-16)20-14-18(26-11-7-24-8-12-26)2-3-19(20)25-22(28)21-17(15-23)6-13-29-21/h2-3,6,13-14,16,24H,4-5,7-12H2,1H3,(H,25,28). The monoisotopic (exact) mass is 393 g/mol. The number of piperidine rings is 1. The highest BCUT2D eigenvalue weighted by Gasteiger charge is 2.23. The molecular formula is C22H27N5O2. The minimum Gasteiger partial charge on any atom is -0.458 e. The molecule has 2 aliphatic rings. The van der Waals surface area contributed by atoms with Gasteiger partial charge in [-0.15, -0.1) is 0 Å². The lowest BCUT2D eigenvalue weighted by atomic mass is 9.98. The first-order valence-corrected chi connectivity index (χ1v) is 10.3. The Labute approximate surface area is 171 Å². The molecule has 0 bridgehead atoms. The summed E-state index contributed by atoms with van der Waals surface area (Å²) in [5.41, 5.74) is 3.21. The first-order valence-electron chi connectivity index (χ1n) is 10.3. The van der Waals surface area contributed by atoms with Crippen molar-refractivity contribution in [1.29, 1.82) is 5.26 Å². The van der Waals surface area contributed by atoms with E-state index in [0.29, 0.717) is 0 Å². The van der Waals surface area contributed by atoms with E-state index in [4.69, 9.17) is 4.42 Å². The fourth-order valence-corrected chi connectivity index (χ4v) is 4.01. The second-order valence-corrected chi connectivity index (χ2v) is 7.84. The Morgan fingerprint density at radius 3 is 2.66 bits per heavy atom. The number of piperazine rings is 1. The van der Waals surface area contributed by atoms with Gasteiger partial charge in [0.25, 0.3) is 5.91 Å². The average molecular weight is 393 g/mol. The number of anilines is 3. The molecule has 0 radical (unpaired) electrons. The lowest BCUT2D eigenvalue weighted by molar-refractivity contribution is 0.0996. The Bertz CT molecular complexity index is 902. The van der Waals surface area contributed by atoms with Crippen molar-refractivity contribution in [2.75, 3.05) is 54.4 Å². The topological polar surface area (TPSA) is 84.5 Å². The summed E-state index contributed by atoms with van der Waals surface area (Å²) in [6, 6.07) is 9.72. The highest BCUT2D eigenvalue weighted by molar-refractivity contribution is 6.05. The predicted octanol–water partition coefficient (Wildman–Crippen LogP) is 3.05. The Hall–Kier alpha value is -2.98. The van der Waals surface area contributed by atoms with Gasteiger partial charge in [0.15, 0.2) is 0 Å². The van der Waals surface area contributed by atoms with E-state index in [0.717, 1.165) is 69.4 Å². The Kier molecular flexibility index (Phi) is 5.72. The number of hydrogen-bond acceptors (Lipinski definition) is 6. The second-order valence-electron chi connectivity index (χ2n) is 7.84. The van der Waals surface area contributed by atoms with Crippen LogP contribution in [0.3, 0.4) is 0 Å². The number of carbonyl (C=O) groups is 1. The van der Waals surface area contributed by atoms with E-state index in [9.17, 15) is 10.1 Å². The van der Waals surface area contributed by atoms with Crippen LogP contribution in [0, 0.1) is 17.2 Å². The van der Waals surface area contributed by atoms with Crippen LogP contribution in [-0.2, 0) is 0 Å². The third-order valence-corrected chi connectivity index (χ3v) is 5.83. The number of nitrogens with zero attached hydrogens (tertiary/aromatic N) is 3. The van der Waals surface area contributed by atoms with Crippen LogP contribution in [0.5, 0.6) is 0 Å². The molecule has 4 rings (SSSR count). The predicted molar refractivity (Wildman–Crippen MR) is 114 cm³/mol. The zero-order valence-corrected chi connectivity index (χ0v) is 16.8. The van der Waals surface area contributed by atoms with Gasteiger partial charge in [-0.1, -0.05) is 6.92 Å². The van der Waals surface area contributed by atoms with Crippen LogP contribution >= 0.6 is 0 Å². The fourth-order valence-electron chi connectivity index (χ4n) is 4.01. The minimum atomic E-state index is -0.395. The molecule has 0 spiro atoms. The van der Waals surface area contributed by atoms with E-state index in [1.165, 1.54) is 18.0 Å². The molecule has 7 heteroatoms. The van der Waals surface area contributed by atoms with E-state index in [1.807, 2.05) is 12.1 Å². The fraction of sp³-hybridized carbons (Fsp3) is 0.455. The van der Waals surface area contributed by atoms with Gasteiger partial charge in [-0.3, -0.25) is 4.79 Å². The van der Waals surface area contributed by atoms with Crippen LogP contribution in [0.2, 0.25) is 0 Å². The smallest absolute Gasteiger partial charge is 0.292 e. The lowest BCUT2D eigenvalue weighted by Crippen LogP contribution is -2.43. The van der Waals surface area contributed by atoms with Crippen molar-refractivity contribution in [2.24, 2.45) is 5.92 Å². The summed E-state index contributed by atoms with van der Waals surface area (Å²) in [7, 11) is 0. The summed E-state index contributed by atoms with van der Waals surface area (Å²) >= 11 is 0. The zero-order valence-electron chi connectivity index (χ0n) is 16.8. The van der Waals surface area contributed by atoms with Crippen LogP contribution in [0.25, 0.3) is 0 Å². The number of nitriles is 1. The van der Waals surface area contributed by atoms with Crippen molar-refractivity contribution in [3.05, 3.63) is 41.9 Å². The molecule has 3 heterocycles.